The summed E-state index contributed by atoms with van der Waals surface area (Å²) in [5.74, 6) is 0.563. The molecule has 31 heavy (non-hydrogen) atoms. The van der Waals surface area contributed by atoms with Crippen LogP contribution in [-0.2, 0) is 17.8 Å². The van der Waals surface area contributed by atoms with Crippen molar-refractivity contribution in [1.82, 2.24) is 14.9 Å². The molecule has 9 heteroatoms. The number of rotatable bonds is 6. The molecule has 1 saturated heterocycles. The SMILES string of the molecule is CC/C=C(/C)N1CCCC1.COc1cc(N2CCc3nc(NC=O)sc3C2)cnc1Cl. The predicted molar refractivity (Wildman–Crippen MR) is 127 cm³/mol. The minimum absolute atomic E-state index is 0.356. The van der Waals surface area contributed by atoms with Gasteiger partial charge in [-0.3, -0.25) is 4.79 Å². The fourth-order valence-electron chi connectivity index (χ4n) is 3.76. The maximum atomic E-state index is 10.5. The van der Waals surface area contributed by atoms with E-state index in [1.54, 1.807) is 13.3 Å². The first-order valence-electron chi connectivity index (χ1n) is 10.6. The van der Waals surface area contributed by atoms with Crippen LogP contribution in [0.2, 0.25) is 5.15 Å². The zero-order chi connectivity index (χ0) is 22.2. The first kappa shape index (κ1) is 23.3. The maximum Gasteiger partial charge on any atom is 0.213 e. The number of nitrogens with one attached hydrogen (secondary N) is 1. The van der Waals surface area contributed by atoms with Gasteiger partial charge in [-0.05, 0) is 26.2 Å². The Bertz CT molecular complexity index is 911. The molecule has 1 amide bonds. The van der Waals surface area contributed by atoms with Crippen LogP contribution < -0.4 is 15.0 Å². The van der Waals surface area contributed by atoms with Crippen LogP contribution in [0.4, 0.5) is 10.8 Å². The van der Waals surface area contributed by atoms with E-state index in [1.165, 1.54) is 49.4 Å². The molecule has 0 bridgehead atoms. The summed E-state index contributed by atoms with van der Waals surface area (Å²) >= 11 is 7.45. The van der Waals surface area contributed by atoms with Crippen LogP contribution >= 0.6 is 22.9 Å². The Hall–Kier alpha value is -2.32. The van der Waals surface area contributed by atoms with E-state index in [0.29, 0.717) is 22.4 Å². The lowest BCUT2D eigenvalue weighted by Gasteiger charge is -2.28. The minimum Gasteiger partial charge on any atom is -0.493 e. The van der Waals surface area contributed by atoms with Gasteiger partial charge in [0.1, 0.15) is 0 Å². The van der Waals surface area contributed by atoms with Gasteiger partial charge >= 0.3 is 0 Å². The number of ether oxygens (including phenoxy) is 1. The van der Waals surface area contributed by atoms with Gasteiger partial charge in [-0.25, -0.2) is 9.97 Å². The van der Waals surface area contributed by atoms with Gasteiger partial charge in [0.15, 0.2) is 16.0 Å². The van der Waals surface area contributed by atoms with E-state index in [2.05, 4.69) is 45.0 Å². The monoisotopic (exact) mass is 463 g/mol. The molecule has 168 valence electrons. The standard InChI is InChI=1S/C13H13ClN4O2S.C9H17N/c1-20-10-4-8(5-15-12(10)14)18-3-2-9-11(6-18)21-13(17-9)16-7-19;1-3-6-9(2)10-7-4-5-8-10/h4-5,7H,2-3,6H2,1H3,(H,16,17,19);6H,3-5,7-8H2,1-2H3/b;9-6-. The lowest BCUT2D eigenvalue weighted by atomic mass is 10.1. The molecule has 0 atom stereocenters. The van der Waals surface area contributed by atoms with Crippen LogP contribution in [0.5, 0.6) is 5.75 Å². The van der Waals surface area contributed by atoms with E-state index in [-0.39, 0.29) is 0 Å². The number of carbonyl (C=O) groups is 1. The molecule has 0 aromatic carbocycles. The molecule has 0 aliphatic carbocycles. The molecule has 2 aromatic rings. The highest BCUT2D eigenvalue weighted by Gasteiger charge is 2.22. The smallest absolute Gasteiger partial charge is 0.213 e. The summed E-state index contributed by atoms with van der Waals surface area (Å²) in [7, 11) is 1.57. The maximum absolute atomic E-state index is 10.5. The number of pyridine rings is 1. The Morgan fingerprint density at radius 2 is 2.13 bits per heavy atom. The number of fused-ring (bicyclic) bond motifs is 1. The largest absolute Gasteiger partial charge is 0.493 e. The lowest BCUT2D eigenvalue weighted by molar-refractivity contribution is -0.105. The van der Waals surface area contributed by atoms with Gasteiger partial charge in [0.05, 0.1) is 31.2 Å². The summed E-state index contributed by atoms with van der Waals surface area (Å²) in [5, 5.41) is 3.60. The summed E-state index contributed by atoms with van der Waals surface area (Å²) in [5.41, 5.74) is 3.48. The molecule has 1 fully saturated rings. The molecular weight excluding hydrogens is 434 g/mol. The summed E-state index contributed by atoms with van der Waals surface area (Å²) < 4.78 is 5.20. The Morgan fingerprint density at radius 1 is 1.35 bits per heavy atom. The van der Waals surface area contributed by atoms with Gasteiger partial charge in [0.25, 0.3) is 0 Å². The average Bonchev–Trinajstić information content (AvgIpc) is 3.44. The molecule has 0 spiro atoms. The Kier molecular flexibility index (Phi) is 8.54. The van der Waals surface area contributed by atoms with Crippen molar-refractivity contribution in [3.05, 3.63) is 39.8 Å². The van der Waals surface area contributed by atoms with Crippen molar-refractivity contribution in [2.24, 2.45) is 0 Å². The lowest BCUT2D eigenvalue weighted by Crippen LogP contribution is -2.29. The molecule has 0 saturated carbocycles. The van der Waals surface area contributed by atoms with Crippen molar-refractivity contribution in [3.63, 3.8) is 0 Å². The molecule has 2 aliphatic rings. The van der Waals surface area contributed by atoms with E-state index >= 15 is 0 Å². The van der Waals surface area contributed by atoms with Gasteiger partial charge in [-0.1, -0.05) is 35.9 Å². The van der Waals surface area contributed by atoms with Gasteiger partial charge in [0.2, 0.25) is 6.41 Å². The number of anilines is 2. The summed E-state index contributed by atoms with van der Waals surface area (Å²) in [6, 6.07) is 1.88. The van der Waals surface area contributed by atoms with E-state index < -0.39 is 0 Å². The number of thiazole rings is 1. The molecule has 1 N–H and O–H groups in total. The molecular formula is C22H30ClN5O2S. The average molecular weight is 464 g/mol. The number of nitrogens with zero attached hydrogens (tertiary/aromatic N) is 4. The van der Waals surface area contributed by atoms with E-state index in [1.807, 2.05) is 6.07 Å². The third-order valence-corrected chi connectivity index (χ3v) is 6.69. The molecule has 4 heterocycles. The summed E-state index contributed by atoms with van der Waals surface area (Å²) in [4.78, 5) is 24.9. The Morgan fingerprint density at radius 3 is 2.81 bits per heavy atom. The fraction of sp³-hybridized carbons (Fsp3) is 0.500. The van der Waals surface area contributed by atoms with Crippen LogP contribution in [0.1, 0.15) is 43.7 Å². The van der Waals surface area contributed by atoms with Gasteiger partial charge in [-0.15, -0.1) is 0 Å². The zero-order valence-electron chi connectivity index (χ0n) is 18.4. The number of halogens is 1. The molecule has 2 aromatic heterocycles. The second-order valence-electron chi connectivity index (χ2n) is 7.46. The topological polar surface area (TPSA) is 70.6 Å². The summed E-state index contributed by atoms with van der Waals surface area (Å²) in [6.45, 7) is 8.54. The van der Waals surface area contributed by atoms with Crippen molar-refractivity contribution in [3.8, 4) is 5.75 Å². The number of hydrogen-bond donors (Lipinski definition) is 1. The fourth-order valence-corrected chi connectivity index (χ4v) is 4.92. The molecule has 4 rings (SSSR count). The second kappa shape index (κ2) is 11.3. The van der Waals surface area contributed by atoms with Crippen LogP contribution in [0.25, 0.3) is 0 Å². The van der Waals surface area contributed by atoms with E-state index in [9.17, 15) is 4.79 Å². The minimum atomic E-state index is 0.356. The summed E-state index contributed by atoms with van der Waals surface area (Å²) in [6.07, 6.45) is 9.46. The molecule has 7 nitrogen and oxygen atoms in total. The highest BCUT2D eigenvalue weighted by Crippen LogP contribution is 2.33. The highest BCUT2D eigenvalue weighted by atomic mass is 35.5. The van der Waals surface area contributed by atoms with Crippen LogP contribution in [0.3, 0.4) is 0 Å². The third-order valence-electron chi connectivity index (χ3n) is 5.40. The quantitative estimate of drug-likeness (QED) is 0.493. The number of amides is 1. The van der Waals surface area contributed by atoms with Crippen molar-refractivity contribution in [2.75, 3.05) is 37.0 Å². The number of carbonyl (C=O) groups excluding carboxylic acids is 1. The van der Waals surface area contributed by atoms with Gasteiger partial charge < -0.3 is 19.9 Å². The first-order chi connectivity index (χ1) is 15.0. The predicted octanol–water partition coefficient (Wildman–Crippen LogP) is 4.73. The number of methoxy groups -OCH3 is 1. The number of hydrogen-bond acceptors (Lipinski definition) is 7. The van der Waals surface area contributed by atoms with Gasteiger partial charge in [-0.2, -0.15) is 0 Å². The second-order valence-corrected chi connectivity index (χ2v) is 8.90. The number of allylic oxidation sites excluding steroid dienone is 2. The van der Waals surface area contributed by atoms with Crippen molar-refractivity contribution >= 4 is 40.2 Å². The highest BCUT2D eigenvalue weighted by molar-refractivity contribution is 7.15. The van der Waals surface area contributed by atoms with Gasteiger partial charge in [0, 0.05) is 42.7 Å². The Balaban J connectivity index is 0.000000229. The molecule has 2 aliphatic heterocycles. The van der Waals surface area contributed by atoms with Crippen LogP contribution in [0.15, 0.2) is 24.0 Å². The van der Waals surface area contributed by atoms with Crippen molar-refractivity contribution < 1.29 is 9.53 Å². The zero-order valence-corrected chi connectivity index (χ0v) is 19.9. The normalized spacial score (nSPS) is 15.8. The van der Waals surface area contributed by atoms with Crippen LogP contribution in [-0.4, -0.2) is 48.0 Å². The first-order valence-corrected chi connectivity index (χ1v) is 11.8. The van der Waals surface area contributed by atoms with E-state index in [0.717, 1.165) is 35.8 Å². The number of aromatic nitrogens is 2. The Labute approximate surface area is 193 Å². The molecule has 0 unspecified atom stereocenters. The van der Waals surface area contributed by atoms with Crippen molar-refractivity contribution in [1.29, 1.82) is 0 Å². The third kappa shape index (κ3) is 6.11. The van der Waals surface area contributed by atoms with Crippen LogP contribution in [0, 0.1) is 0 Å². The number of likely N-dealkylation sites (tertiary alicyclic amines) is 1. The molecule has 0 radical (unpaired) electrons. The van der Waals surface area contributed by atoms with Crippen molar-refractivity contribution in [2.45, 2.75) is 46.1 Å². The van der Waals surface area contributed by atoms with E-state index in [4.69, 9.17) is 16.3 Å².